The predicted octanol–water partition coefficient (Wildman–Crippen LogP) is 2.85. The molecule has 5 nitrogen and oxygen atoms in total. The molecule has 2 aromatic rings. The monoisotopic (exact) mass is 359 g/mol. The number of halogens is 1. The van der Waals surface area contributed by atoms with Gasteiger partial charge >= 0.3 is 5.97 Å². The smallest absolute Gasteiger partial charge is 0.328 e. The van der Waals surface area contributed by atoms with E-state index in [1.807, 2.05) is 24.3 Å². The van der Waals surface area contributed by atoms with Gasteiger partial charge < -0.3 is 14.4 Å². The summed E-state index contributed by atoms with van der Waals surface area (Å²) in [6.45, 7) is 0.184. The zero-order valence-corrected chi connectivity index (χ0v) is 14.5. The van der Waals surface area contributed by atoms with Gasteiger partial charge in [0.05, 0.1) is 7.11 Å². The summed E-state index contributed by atoms with van der Waals surface area (Å²) >= 11 is 5.91. The largest absolute Gasteiger partial charge is 0.484 e. The second-order valence-corrected chi connectivity index (χ2v) is 6.22. The number of ether oxygens (including phenoxy) is 2. The number of methoxy groups -OCH3 is 1. The maximum Gasteiger partial charge on any atom is 0.328 e. The Labute approximate surface area is 151 Å². The van der Waals surface area contributed by atoms with Crippen molar-refractivity contribution in [2.24, 2.45) is 0 Å². The van der Waals surface area contributed by atoms with E-state index in [1.54, 1.807) is 24.3 Å². The fraction of sp³-hybridized carbons (Fsp3) is 0.263. The molecule has 0 unspecified atom stereocenters. The van der Waals surface area contributed by atoms with E-state index in [0.29, 0.717) is 23.7 Å². The van der Waals surface area contributed by atoms with Gasteiger partial charge in [-0.15, -0.1) is 0 Å². The highest BCUT2D eigenvalue weighted by molar-refractivity contribution is 6.30. The Morgan fingerprint density at radius 3 is 2.64 bits per heavy atom. The van der Waals surface area contributed by atoms with Crippen LogP contribution in [0.2, 0.25) is 5.02 Å². The minimum absolute atomic E-state index is 0.171. The summed E-state index contributed by atoms with van der Waals surface area (Å²) in [6.07, 6.45) is 0.436. The van der Waals surface area contributed by atoms with Crippen LogP contribution in [0.4, 0.5) is 0 Å². The van der Waals surface area contributed by atoms with Gasteiger partial charge in [0.15, 0.2) is 6.61 Å². The van der Waals surface area contributed by atoms with Crippen LogP contribution in [0.1, 0.15) is 11.1 Å². The SMILES string of the molecule is COC(=O)[C@@H]1Cc2ccccc2CN1C(=O)COc1cccc(Cl)c1. The second-order valence-electron chi connectivity index (χ2n) is 5.78. The molecule has 0 aliphatic carbocycles. The van der Waals surface area contributed by atoms with Crippen molar-refractivity contribution in [3.63, 3.8) is 0 Å². The third-order valence-electron chi connectivity index (χ3n) is 4.20. The molecular weight excluding hydrogens is 342 g/mol. The van der Waals surface area contributed by atoms with Gasteiger partial charge in [0, 0.05) is 18.0 Å². The topological polar surface area (TPSA) is 55.8 Å². The van der Waals surface area contributed by atoms with Crippen molar-refractivity contribution in [1.82, 2.24) is 4.90 Å². The van der Waals surface area contributed by atoms with Crippen LogP contribution in [0.3, 0.4) is 0 Å². The molecule has 0 radical (unpaired) electrons. The molecule has 130 valence electrons. The number of nitrogens with zero attached hydrogens (tertiary/aromatic N) is 1. The lowest BCUT2D eigenvalue weighted by atomic mass is 9.94. The van der Waals surface area contributed by atoms with E-state index < -0.39 is 12.0 Å². The van der Waals surface area contributed by atoms with Crippen molar-refractivity contribution >= 4 is 23.5 Å². The molecule has 1 aliphatic heterocycles. The van der Waals surface area contributed by atoms with Crippen LogP contribution in [0.5, 0.6) is 5.75 Å². The van der Waals surface area contributed by atoms with Crippen LogP contribution >= 0.6 is 11.6 Å². The molecule has 0 fully saturated rings. The van der Waals surface area contributed by atoms with Crippen LogP contribution in [0.15, 0.2) is 48.5 Å². The van der Waals surface area contributed by atoms with Crippen molar-refractivity contribution in [3.05, 3.63) is 64.7 Å². The fourth-order valence-corrected chi connectivity index (χ4v) is 3.10. The number of esters is 1. The number of amides is 1. The first-order valence-electron chi connectivity index (χ1n) is 7.91. The third kappa shape index (κ3) is 3.94. The van der Waals surface area contributed by atoms with E-state index in [0.717, 1.165) is 11.1 Å². The second kappa shape index (κ2) is 7.57. The average Bonchev–Trinajstić information content (AvgIpc) is 2.64. The molecule has 0 aromatic heterocycles. The van der Waals surface area contributed by atoms with Crippen LogP contribution in [0, 0.1) is 0 Å². The number of fused-ring (bicyclic) bond motifs is 1. The molecule has 3 rings (SSSR count). The molecular formula is C19H18ClNO4. The van der Waals surface area contributed by atoms with Gasteiger partial charge in [0.25, 0.3) is 5.91 Å². The molecule has 0 bridgehead atoms. The predicted molar refractivity (Wildman–Crippen MR) is 93.4 cm³/mol. The molecule has 1 atom stereocenters. The standard InChI is InChI=1S/C19H18ClNO4/c1-24-19(23)17-9-13-5-2-3-6-14(13)11-21(17)18(22)12-25-16-8-4-7-15(20)10-16/h2-8,10,17H,9,11-12H2,1H3/t17-/m0/s1. The summed E-state index contributed by atoms with van der Waals surface area (Å²) in [6, 6.07) is 14.0. The van der Waals surface area contributed by atoms with Crippen LogP contribution in [-0.2, 0) is 27.3 Å². The first-order valence-corrected chi connectivity index (χ1v) is 8.28. The lowest BCUT2D eigenvalue weighted by Crippen LogP contribution is -2.50. The zero-order chi connectivity index (χ0) is 17.8. The van der Waals surface area contributed by atoms with Gasteiger partial charge in [0.1, 0.15) is 11.8 Å². The number of carbonyl (C=O) groups is 2. The quantitative estimate of drug-likeness (QED) is 0.788. The molecule has 0 N–H and O–H groups in total. The Hall–Kier alpha value is -2.53. The van der Waals surface area contributed by atoms with E-state index >= 15 is 0 Å². The zero-order valence-electron chi connectivity index (χ0n) is 13.8. The van der Waals surface area contributed by atoms with E-state index in [9.17, 15) is 9.59 Å². The minimum Gasteiger partial charge on any atom is -0.484 e. The van der Waals surface area contributed by atoms with Gasteiger partial charge in [-0.1, -0.05) is 41.9 Å². The van der Waals surface area contributed by atoms with Crippen molar-refractivity contribution in [3.8, 4) is 5.75 Å². The van der Waals surface area contributed by atoms with Crippen molar-refractivity contribution in [2.45, 2.75) is 19.0 Å². The molecule has 6 heteroatoms. The minimum atomic E-state index is -0.643. The summed E-state index contributed by atoms with van der Waals surface area (Å²) in [4.78, 5) is 26.3. The van der Waals surface area contributed by atoms with Crippen LogP contribution in [-0.4, -0.2) is 36.5 Å². The highest BCUT2D eigenvalue weighted by Gasteiger charge is 2.35. The van der Waals surface area contributed by atoms with E-state index in [4.69, 9.17) is 21.1 Å². The molecule has 0 spiro atoms. The summed E-state index contributed by atoms with van der Waals surface area (Å²) < 4.78 is 10.4. The summed E-state index contributed by atoms with van der Waals surface area (Å²) in [5, 5.41) is 0.532. The Morgan fingerprint density at radius 2 is 1.92 bits per heavy atom. The first kappa shape index (κ1) is 17.3. The number of hydrogen-bond acceptors (Lipinski definition) is 4. The first-order chi connectivity index (χ1) is 12.1. The molecule has 0 saturated carbocycles. The Balaban J connectivity index is 1.75. The molecule has 1 amide bonds. The number of benzene rings is 2. The highest BCUT2D eigenvalue weighted by atomic mass is 35.5. The lowest BCUT2D eigenvalue weighted by molar-refractivity contribution is -0.154. The molecule has 1 heterocycles. The van der Waals surface area contributed by atoms with Crippen LogP contribution in [0.25, 0.3) is 0 Å². The lowest BCUT2D eigenvalue weighted by Gasteiger charge is -2.35. The number of carbonyl (C=O) groups excluding carboxylic acids is 2. The summed E-state index contributed by atoms with van der Waals surface area (Å²) in [5.74, 6) is -0.191. The normalized spacial score (nSPS) is 16.1. The molecule has 1 aliphatic rings. The Kier molecular flexibility index (Phi) is 5.24. The molecule has 25 heavy (non-hydrogen) atoms. The van der Waals surface area contributed by atoms with Crippen molar-refractivity contribution in [2.75, 3.05) is 13.7 Å². The van der Waals surface area contributed by atoms with Crippen molar-refractivity contribution < 1.29 is 19.1 Å². The van der Waals surface area contributed by atoms with Gasteiger partial charge in [-0.05, 0) is 29.3 Å². The van der Waals surface area contributed by atoms with E-state index in [1.165, 1.54) is 12.0 Å². The highest BCUT2D eigenvalue weighted by Crippen LogP contribution is 2.24. The summed E-state index contributed by atoms with van der Waals surface area (Å²) in [7, 11) is 1.33. The fourth-order valence-electron chi connectivity index (χ4n) is 2.92. The molecule has 0 saturated heterocycles. The maximum atomic E-state index is 12.7. The van der Waals surface area contributed by atoms with Gasteiger partial charge in [-0.25, -0.2) is 4.79 Å². The number of hydrogen-bond donors (Lipinski definition) is 0. The summed E-state index contributed by atoms with van der Waals surface area (Å²) in [5.41, 5.74) is 2.08. The van der Waals surface area contributed by atoms with E-state index in [-0.39, 0.29) is 12.5 Å². The van der Waals surface area contributed by atoms with E-state index in [2.05, 4.69) is 0 Å². The average molecular weight is 360 g/mol. The van der Waals surface area contributed by atoms with Crippen molar-refractivity contribution in [1.29, 1.82) is 0 Å². The Morgan fingerprint density at radius 1 is 1.16 bits per heavy atom. The van der Waals surface area contributed by atoms with Gasteiger partial charge in [0.2, 0.25) is 0 Å². The molecule has 2 aromatic carbocycles. The Bertz CT molecular complexity index is 792. The van der Waals surface area contributed by atoms with Gasteiger partial charge in [-0.2, -0.15) is 0 Å². The van der Waals surface area contributed by atoms with Gasteiger partial charge in [-0.3, -0.25) is 4.79 Å². The van der Waals surface area contributed by atoms with Crippen LogP contribution < -0.4 is 4.74 Å². The third-order valence-corrected chi connectivity index (χ3v) is 4.44. The maximum absolute atomic E-state index is 12.7. The number of rotatable bonds is 4.